The number of hydrogen-bond acceptors (Lipinski definition) is 3. The molecule has 4 nitrogen and oxygen atoms in total. The Labute approximate surface area is 129 Å². The number of carboxylic acids is 1. The fraction of sp³-hybridized carbons (Fsp3) is 0.333. The van der Waals surface area contributed by atoms with Crippen LogP contribution >= 0.6 is 15.9 Å². The van der Waals surface area contributed by atoms with Gasteiger partial charge in [-0.3, -0.25) is 4.79 Å². The summed E-state index contributed by atoms with van der Waals surface area (Å²) in [6, 6.07) is 4.29. The van der Waals surface area contributed by atoms with Gasteiger partial charge in [-0.1, -0.05) is 28.1 Å². The van der Waals surface area contributed by atoms with Crippen molar-refractivity contribution in [2.24, 2.45) is 23.7 Å². The maximum Gasteiger partial charge on any atom is 0.228 e. The van der Waals surface area contributed by atoms with E-state index in [0.717, 1.165) is 0 Å². The van der Waals surface area contributed by atoms with E-state index in [4.69, 9.17) is 0 Å². The van der Waals surface area contributed by atoms with Crippen molar-refractivity contribution in [2.45, 2.75) is 6.42 Å². The van der Waals surface area contributed by atoms with Gasteiger partial charge in [-0.15, -0.1) is 0 Å². The zero-order chi connectivity index (χ0) is 15.1. The standard InChI is InChI=1S/C15H13BrFNO3/c16-9-3-4-11(10(17)6-9)18-14(19)12-7-1-2-8(5-7)13(12)15(20)21/h1-4,6-8,12-13H,5H2,(H,18,19)(H,20,21)/p-1/t7-,8-,12-,13-/m0/s1. The van der Waals surface area contributed by atoms with Crippen molar-refractivity contribution >= 4 is 33.5 Å². The summed E-state index contributed by atoms with van der Waals surface area (Å²) in [5, 5.41) is 13.8. The molecule has 1 saturated carbocycles. The highest BCUT2D eigenvalue weighted by Gasteiger charge is 2.48. The fourth-order valence-corrected chi connectivity index (χ4v) is 3.64. The van der Waals surface area contributed by atoms with Gasteiger partial charge in [0, 0.05) is 16.4 Å². The highest BCUT2D eigenvalue weighted by molar-refractivity contribution is 9.10. The first-order valence-electron chi connectivity index (χ1n) is 6.62. The van der Waals surface area contributed by atoms with Gasteiger partial charge in [-0.2, -0.15) is 0 Å². The molecule has 4 atom stereocenters. The van der Waals surface area contributed by atoms with Crippen LogP contribution in [0.2, 0.25) is 0 Å². The Morgan fingerprint density at radius 2 is 1.90 bits per heavy atom. The number of halogens is 2. The summed E-state index contributed by atoms with van der Waals surface area (Å²) in [6.07, 6.45) is 4.33. The second-order valence-corrected chi connectivity index (χ2v) is 6.35. The number of nitrogens with one attached hydrogen (secondary N) is 1. The van der Waals surface area contributed by atoms with Crippen molar-refractivity contribution in [1.82, 2.24) is 0 Å². The summed E-state index contributed by atoms with van der Waals surface area (Å²) in [5.74, 6) is -4.07. The average Bonchev–Trinajstić information content (AvgIpc) is 3.02. The number of carbonyl (C=O) groups is 2. The molecular formula is C15H12BrFNO3-. The molecule has 110 valence electrons. The topological polar surface area (TPSA) is 69.2 Å². The van der Waals surface area contributed by atoms with Gasteiger partial charge in [0.05, 0.1) is 11.6 Å². The lowest BCUT2D eigenvalue weighted by atomic mass is 9.82. The minimum absolute atomic E-state index is 0.0482. The van der Waals surface area contributed by atoms with E-state index in [0.29, 0.717) is 10.9 Å². The molecule has 1 amide bonds. The van der Waals surface area contributed by atoms with Crippen LogP contribution in [0.4, 0.5) is 10.1 Å². The summed E-state index contributed by atoms with van der Waals surface area (Å²) < 4.78 is 14.3. The highest BCUT2D eigenvalue weighted by atomic mass is 79.9. The third-order valence-corrected chi connectivity index (χ3v) is 4.72. The zero-order valence-corrected chi connectivity index (χ0v) is 12.5. The Hall–Kier alpha value is -1.69. The van der Waals surface area contributed by atoms with Crippen molar-refractivity contribution < 1.29 is 19.1 Å². The predicted octanol–water partition coefficient (Wildman–Crippen LogP) is 1.71. The Balaban J connectivity index is 1.82. The van der Waals surface area contributed by atoms with Crippen LogP contribution in [-0.2, 0) is 9.59 Å². The molecule has 21 heavy (non-hydrogen) atoms. The van der Waals surface area contributed by atoms with Crippen LogP contribution in [0.1, 0.15) is 6.42 Å². The van der Waals surface area contributed by atoms with E-state index in [-0.39, 0.29) is 17.5 Å². The lowest BCUT2D eigenvalue weighted by Crippen LogP contribution is -2.43. The first kappa shape index (κ1) is 14.3. The number of carboxylic acid groups (broad SMARTS) is 1. The van der Waals surface area contributed by atoms with Gasteiger partial charge in [0.2, 0.25) is 5.91 Å². The van der Waals surface area contributed by atoms with Crippen LogP contribution in [0.3, 0.4) is 0 Å². The lowest BCUT2D eigenvalue weighted by Gasteiger charge is -2.27. The largest absolute Gasteiger partial charge is 0.550 e. The molecule has 1 N–H and O–H groups in total. The number of benzene rings is 1. The van der Waals surface area contributed by atoms with Gasteiger partial charge in [-0.25, -0.2) is 4.39 Å². The van der Waals surface area contributed by atoms with E-state index in [1.165, 1.54) is 12.1 Å². The van der Waals surface area contributed by atoms with E-state index >= 15 is 0 Å². The third-order valence-electron chi connectivity index (χ3n) is 4.22. The van der Waals surface area contributed by atoms with Crippen LogP contribution in [0.25, 0.3) is 0 Å². The second-order valence-electron chi connectivity index (χ2n) is 5.43. The maximum absolute atomic E-state index is 13.8. The first-order chi connectivity index (χ1) is 9.97. The number of aliphatic carboxylic acids is 1. The molecule has 2 aliphatic carbocycles. The molecule has 2 aliphatic rings. The van der Waals surface area contributed by atoms with Gasteiger partial charge in [0.15, 0.2) is 0 Å². The van der Waals surface area contributed by atoms with Gasteiger partial charge in [0.1, 0.15) is 5.82 Å². The number of rotatable bonds is 3. The zero-order valence-electron chi connectivity index (χ0n) is 10.9. The Morgan fingerprint density at radius 1 is 1.24 bits per heavy atom. The highest BCUT2D eigenvalue weighted by Crippen LogP contribution is 2.48. The van der Waals surface area contributed by atoms with Gasteiger partial charge in [-0.05, 0) is 36.5 Å². The summed E-state index contributed by atoms with van der Waals surface area (Å²) in [6.45, 7) is 0. The smallest absolute Gasteiger partial charge is 0.228 e. The van der Waals surface area contributed by atoms with Gasteiger partial charge < -0.3 is 15.2 Å². The van der Waals surface area contributed by atoms with E-state index < -0.39 is 29.5 Å². The van der Waals surface area contributed by atoms with Crippen molar-refractivity contribution in [3.63, 3.8) is 0 Å². The molecule has 2 bridgehead atoms. The number of hydrogen-bond donors (Lipinski definition) is 1. The lowest BCUT2D eigenvalue weighted by molar-refractivity contribution is -0.313. The monoisotopic (exact) mass is 352 g/mol. The molecule has 0 saturated heterocycles. The molecule has 0 unspecified atom stereocenters. The fourth-order valence-electron chi connectivity index (χ4n) is 3.31. The SMILES string of the molecule is O=C([O-])[C@@H]1[C@@H](C(=O)Nc2ccc(Br)cc2F)[C@H]2C=C[C@H]1C2. The number of allylic oxidation sites excluding steroid dienone is 2. The van der Waals surface area contributed by atoms with E-state index in [2.05, 4.69) is 21.2 Å². The molecule has 0 aliphatic heterocycles. The van der Waals surface area contributed by atoms with Crippen LogP contribution in [-0.4, -0.2) is 11.9 Å². The van der Waals surface area contributed by atoms with Crippen molar-refractivity contribution in [3.8, 4) is 0 Å². The summed E-state index contributed by atoms with van der Waals surface area (Å²) in [7, 11) is 0. The van der Waals surface area contributed by atoms with Crippen LogP contribution < -0.4 is 10.4 Å². The second kappa shape index (κ2) is 5.26. The summed E-state index contributed by atoms with van der Waals surface area (Å²) in [4.78, 5) is 23.6. The third kappa shape index (κ3) is 2.48. The van der Waals surface area contributed by atoms with Gasteiger partial charge >= 0.3 is 0 Å². The van der Waals surface area contributed by atoms with Crippen LogP contribution in [0.5, 0.6) is 0 Å². The van der Waals surface area contributed by atoms with E-state index in [1.54, 1.807) is 6.07 Å². The Morgan fingerprint density at radius 3 is 2.52 bits per heavy atom. The number of amides is 1. The normalized spacial score (nSPS) is 29.6. The number of anilines is 1. The van der Waals surface area contributed by atoms with Crippen LogP contribution in [0.15, 0.2) is 34.8 Å². The van der Waals surface area contributed by atoms with E-state index in [9.17, 15) is 19.1 Å². The molecular weight excluding hydrogens is 341 g/mol. The van der Waals surface area contributed by atoms with E-state index in [1.807, 2.05) is 12.2 Å². The molecule has 0 heterocycles. The van der Waals surface area contributed by atoms with Crippen molar-refractivity contribution in [2.75, 3.05) is 5.32 Å². The maximum atomic E-state index is 13.8. The predicted molar refractivity (Wildman–Crippen MR) is 75.5 cm³/mol. The number of fused-ring (bicyclic) bond motifs is 2. The molecule has 1 aromatic carbocycles. The summed E-state index contributed by atoms with van der Waals surface area (Å²) in [5.41, 5.74) is 0.0482. The molecule has 1 fully saturated rings. The Kier molecular flexibility index (Phi) is 3.57. The minimum atomic E-state index is -1.22. The Bertz CT molecular complexity index is 646. The number of carbonyl (C=O) groups excluding carboxylic acids is 2. The first-order valence-corrected chi connectivity index (χ1v) is 7.42. The molecule has 0 aromatic heterocycles. The summed E-state index contributed by atoms with van der Waals surface area (Å²) >= 11 is 3.14. The quantitative estimate of drug-likeness (QED) is 0.842. The molecule has 6 heteroatoms. The molecule has 0 radical (unpaired) electrons. The van der Waals surface area contributed by atoms with Crippen molar-refractivity contribution in [1.29, 1.82) is 0 Å². The molecule has 0 spiro atoms. The molecule has 1 aromatic rings. The van der Waals surface area contributed by atoms with Crippen LogP contribution in [0, 0.1) is 29.5 Å². The minimum Gasteiger partial charge on any atom is -0.550 e. The molecule has 3 rings (SSSR count). The van der Waals surface area contributed by atoms with Gasteiger partial charge in [0.25, 0.3) is 0 Å². The average molecular weight is 353 g/mol. The van der Waals surface area contributed by atoms with Crippen molar-refractivity contribution in [3.05, 3.63) is 40.6 Å².